The molecule has 3 aliphatic rings. The third-order valence-electron chi connectivity index (χ3n) is 14.4. The molecule has 464 valence electrons. The molecule has 0 spiro atoms. The first kappa shape index (κ1) is 72.0. The van der Waals surface area contributed by atoms with E-state index < -0.39 is 124 Å². The number of unbranched alkanes of at least 4 members (excludes halogenated alkanes) is 12. The lowest BCUT2D eigenvalue weighted by molar-refractivity contribution is -0.379. The zero-order valence-electron chi connectivity index (χ0n) is 48.2. The van der Waals surface area contributed by atoms with Crippen LogP contribution in [-0.4, -0.2) is 193 Å². The first-order chi connectivity index (χ1) is 39.3. The van der Waals surface area contributed by atoms with Gasteiger partial charge in [0.25, 0.3) is 0 Å². The molecule has 81 heavy (non-hydrogen) atoms. The van der Waals surface area contributed by atoms with Crippen molar-refractivity contribution in [2.45, 2.75) is 259 Å². The lowest BCUT2D eigenvalue weighted by atomic mass is 9.96. The van der Waals surface area contributed by atoms with Crippen LogP contribution in [0.15, 0.2) is 97.2 Å². The van der Waals surface area contributed by atoms with Crippen molar-refractivity contribution in [3.05, 3.63) is 97.2 Å². The fraction of sp³-hybridized carbons (Fsp3) is 0.726. The minimum absolute atomic E-state index is 0.230. The summed E-state index contributed by atoms with van der Waals surface area (Å²) in [6, 6.07) is -0.976. The molecule has 17 atom stereocenters. The summed E-state index contributed by atoms with van der Waals surface area (Å²) in [6.45, 7) is 1.33. The second kappa shape index (κ2) is 44.2. The van der Waals surface area contributed by atoms with Crippen molar-refractivity contribution in [3.8, 4) is 0 Å². The molecule has 1 amide bonds. The number of carbonyl (C=O) groups is 1. The van der Waals surface area contributed by atoms with Crippen molar-refractivity contribution in [2.24, 2.45) is 0 Å². The van der Waals surface area contributed by atoms with Crippen molar-refractivity contribution in [1.82, 2.24) is 5.32 Å². The summed E-state index contributed by atoms with van der Waals surface area (Å²) < 4.78 is 33.9. The van der Waals surface area contributed by atoms with Crippen LogP contribution < -0.4 is 5.32 Å². The third kappa shape index (κ3) is 28.0. The first-order valence-electron chi connectivity index (χ1n) is 30.0. The molecular formula is C62H103NO18. The Hall–Kier alpha value is -3.29. The molecule has 3 saturated heterocycles. The van der Waals surface area contributed by atoms with Gasteiger partial charge in [-0.15, -0.1) is 0 Å². The fourth-order valence-electron chi connectivity index (χ4n) is 9.47. The van der Waals surface area contributed by atoms with Crippen molar-refractivity contribution in [2.75, 3.05) is 26.4 Å². The maximum Gasteiger partial charge on any atom is 0.220 e. The van der Waals surface area contributed by atoms with E-state index in [0.717, 1.165) is 83.5 Å². The summed E-state index contributed by atoms with van der Waals surface area (Å²) in [5.74, 6) is -0.297. The van der Waals surface area contributed by atoms with E-state index >= 15 is 0 Å². The van der Waals surface area contributed by atoms with Gasteiger partial charge in [-0.3, -0.25) is 4.79 Å². The highest BCUT2D eigenvalue weighted by atomic mass is 16.8. The van der Waals surface area contributed by atoms with Gasteiger partial charge in [-0.2, -0.15) is 0 Å². The maximum atomic E-state index is 13.1. The van der Waals surface area contributed by atoms with Crippen LogP contribution in [0.25, 0.3) is 0 Å². The minimum atomic E-state index is -1.98. The molecule has 0 aliphatic carbocycles. The number of ether oxygens (including phenoxy) is 6. The smallest absolute Gasteiger partial charge is 0.220 e. The number of amides is 1. The van der Waals surface area contributed by atoms with Crippen LogP contribution in [0.3, 0.4) is 0 Å². The highest BCUT2D eigenvalue weighted by Gasteiger charge is 2.53. The number of allylic oxidation sites excluding steroid dienone is 15. The van der Waals surface area contributed by atoms with Crippen molar-refractivity contribution in [1.29, 1.82) is 0 Å². The molecular weight excluding hydrogens is 1050 g/mol. The van der Waals surface area contributed by atoms with Crippen LogP contribution in [0.5, 0.6) is 0 Å². The molecule has 19 nitrogen and oxygen atoms in total. The fourth-order valence-corrected chi connectivity index (χ4v) is 9.47. The SMILES string of the molecule is CC/C=C\C/C=C\C/C=C\C/C=C\C/C=C\C/C=C\C/C=C\CCCCCCCCCCCCCC(=O)NC(COC1OC(CO)C(OC2OC(CO)C(OC3OC(CO)C(O)C(O)C3O)C(O)C2O)C(O)C1O)C(O)/C=C/CCC. The zero-order chi connectivity index (χ0) is 59.0. The second-order valence-electron chi connectivity index (χ2n) is 21.1. The lowest BCUT2D eigenvalue weighted by Gasteiger charge is -2.48. The Labute approximate surface area is 482 Å². The quantitative estimate of drug-likeness (QED) is 0.0270. The van der Waals surface area contributed by atoms with Gasteiger partial charge in [-0.25, -0.2) is 0 Å². The maximum absolute atomic E-state index is 13.1. The molecule has 12 N–H and O–H groups in total. The summed E-state index contributed by atoms with van der Waals surface area (Å²) in [7, 11) is 0. The van der Waals surface area contributed by atoms with Gasteiger partial charge >= 0.3 is 0 Å². The highest BCUT2D eigenvalue weighted by Crippen LogP contribution is 2.33. The number of hydrogen-bond acceptors (Lipinski definition) is 18. The van der Waals surface area contributed by atoms with E-state index in [-0.39, 0.29) is 18.9 Å². The molecule has 19 heteroatoms. The Kier molecular flexibility index (Phi) is 39.3. The van der Waals surface area contributed by atoms with E-state index in [9.17, 15) is 61.0 Å². The lowest BCUT2D eigenvalue weighted by Crippen LogP contribution is -2.66. The molecule has 17 unspecified atom stereocenters. The largest absolute Gasteiger partial charge is 0.394 e. The van der Waals surface area contributed by atoms with Gasteiger partial charge in [0.2, 0.25) is 5.91 Å². The molecule has 0 aromatic carbocycles. The number of hydrogen-bond donors (Lipinski definition) is 12. The standard InChI is InChI=1S/C62H103NO18/c1-3-5-7-8-9-10-11-12-13-14-15-16-17-18-19-20-21-22-23-24-25-26-27-28-29-30-31-32-33-34-35-36-38-40-50(68)63-45(46(67)39-37-6-4-2)44-76-60-56(74)53(71)58(48(42-65)78-60)81-62-57(75)54(72)59(49(43-66)79-62)80-61-55(73)52(70)51(69)47(41-64)77-61/h5,7,9-10,12-13,15-16,18-19,21-22,24-25,37,39,45-49,51-62,64-67,69-75H,3-4,6,8,11,14,17,20,23,26-36,38,40-44H2,1-2H3,(H,63,68)/b7-5-,10-9-,13-12-,16-15-,19-18-,22-21-,25-24-,39-37+. The number of aliphatic hydroxyl groups excluding tert-OH is 11. The number of rotatable bonds is 42. The van der Waals surface area contributed by atoms with Crippen molar-refractivity contribution < 1.29 is 89.4 Å². The summed E-state index contributed by atoms with van der Waals surface area (Å²) in [5.41, 5.74) is 0. The van der Waals surface area contributed by atoms with Gasteiger partial charge < -0.3 is 89.9 Å². The Morgan fingerprint density at radius 3 is 1.31 bits per heavy atom. The monoisotopic (exact) mass is 1150 g/mol. The number of nitrogens with one attached hydrogen (secondary N) is 1. The average Bonchev–Trinajstić information content (AvgIpc) is 3.55. The predicted molar refractivity (Wildman–Crippen MR) is 309 cm³/mol. The third-order valence-corrected chi connectivity index (χ3v) is 14.4. The van der Waals surface area contributed by atoms with Crippen LogP contribution in [-0.2, 0) is 33.2 Å². The normalized spacial score (nSPS) is 30.5. The minimum Gasteiger partial charge on any atom is -0.394 e. The molecule has 0 aromatic heterocycles. The van der Waals surface area contributed by atoms with Crippen LogP contribution in [0.1, 0.15) is 155 Å². The zero-order valence-corrected chi connectivity index (χ0v) is 48.2. The van der Waals surface area contributed by atoms with Gasteiger partial charge in [-0.05, 0) is 70.6 Å². The second-order valence-corrected chi connectivity index (χ2v) is 21.1. The van der Waals surface area contributed by atoms with E-state index in [4.69, 9.17) is 28.4 Å². The summed E-state index contributed by atoms with van der Waals surface area (Å²) in [6.07, 6.45) is 29.7. The van der Waals surface area contributed by atoms with Crippen LogP contribution in [0.2, 0.25) is 0 Å². The Morgan fingerprint density at radius 2 is 0.852 bits per heavy atom. The van der Waals surface area contributed by atoms with Gasteiger partial charge in [0.1, 0.15) is 73.2 Å². The Morgan fingerprint density at radius 1 is 0.457 bits per heavy atom. The topological polar surface area (TPSA) is 307 Å². The molecule has 0 aromatic rings. The van der Waals surface area contributed by atoms with Crippen LogP contribution in [0, 0.1) is 0 Å². The number of carbonyl (C=O) groups excluding carboxylic acids is 1. The summed E-state index contributed by atoms with van der Waals surface area (Å²) in [4.78, 5) is 13.1. The molecule has 3 rings (SSSR count). The molecule has 0 bridgehead atoms. The van der Waals surface area contributed by atoms with Gasteiger partial charge in [0.05, 0.1) is 38.6 Å². The predicted octanol–water partition coefficient (Wildman–Crippen LogP) is 5.37. The van der Waals surface area contributed by atoms with Crippen molar-refractivity contribution in [3.63, 3.8) is 0 Å². The Bertz CT molecular complexity index is 1850. The molecule has 3 aliphatic heterocycles. The van der Waals surface area contributed by atoms with Gasteiger partial charge in [-0.1, -0.05) is 175 Å². The molecule has 0 radical (unpaired) electrons. The highest BCUT2D eigenvalue weighted by molar-refractivity contribution is 5.76. The molecule has 3 fully saturated rings. The van der Waals surface area contributed by atoms with E-state index in [1.165, 1.54) is 38.5 Å². The van der Waals surface area contributed by atoms with E-state index in [2.05, 4.69) is 97.3 Å². The van der Waals surface area contributed by atoms with E-state index in [1.807, 2.05) is 6.92 Å². The van der Waals surface area contributed by atoms with Crippen LogP contribution >= 0.6 is 0 Å². The number of aliphatic hydroxyl groups is 11. The van der Waals surface area contributed by atoms with Gasteiger partial charge in [0.15, 0.2) is 18.9 Å². The van der Waals surface area contributed by atoms with Crippen LogP contribution in [0.4, 0.5) is 0 Å². The van der Waals surface area contributed by atoms with Gasteiger partial charge in [0, 0.05) is 6.42 Å². The van der Waals surface area contributed by atoms with Crippen molar-refractivity contribution >= 4 is 5.91 Å². The molecule has 3 heterocycles. The first-order valence-corrected chi connectivity index (χ1v) is 30.0. The Balaban J connectivity index is 1.29. The summed E-state index contributed by atoms with van der Waals surface area (Å²) >= 11 is 0. The average molecular weight is 1150 g/mol. The summed E-state index contributed by atoms with van der Waals surface area (Å²) in [5, 5.41) is 119. The molecule has 0 saturated carbocycles. The van der Waals surface area contributed by atoms with E-state index in [1.54, 1.807) is 12.2 Å². The van der Waals surface area contributed by atoms with E-state index in [0.29, 0.717) is 12.8 Å².